The van der Waals surface area contributed by atoms with Crippen molar-refractivity contribution in [2.24, 2.45) is 0 Å². The van der Waals surface area contributed by atoms with Crippen LogP contribution in [-0.4, -0.2) is 17.4 Å². The minimum absolute atomic E-state index is 0.143. The highest BCUT2D eigenvalue weighted by Gasteiger charge is 2.06. The van der Waals surface area contributed by atoms with Gasteiger partial charge in [-0.2, -0.15) is 0 Å². The van der Waals surface area contributed by atoms with E-state index in [2.05, 4.69) is 38.5 Å². The molecule has 1 heterocycles. The number of nitrogens with one attached hydrogen (secondary N) is 2. The van der Waals surface area contributed by atoms with Crippen molar-refractivity contribution in [3.8, 4) is 0 Å². The van der Waals surface area contributed by atoms with E-state index in [9.17, 15) is 4.79 Å². The van der Waals surface area contributed by atoms with Crippen molar-refractivity contribution >= 4 is 33.3 Å². The zero-order valence-electron chi connectivity index (χ0n) is 11.9. The van der Waals surface area contributed by atoms with Crippen molar-refractivity contribution in [2.75, 3.05) is 17.2 Å². The van der Waals surface area contributed by atoms with Gasteiger partial charge in [0.2, 0.25) is 0 Å². The van der Waals surface area contributed by atoms with Crippen LogP contribution in [0.2, 0.25) is 0 Å². The molecular formula is C16H18BrN3O. The molecular weight excluding hydrogens is 330 g/mol. The van der Waals surface area contributed by atoms with Gasteiger partial charge in [-0.15, -0.1) is 0 Å². The first-order valence-corrected chi connectivity index (χ1v) is 7.75. The molecule has 0 aliphatic rings. The number of amides is 1. The number of hydrogen-bond donors (Lipinski definition) is 2. The van der Waals surface area contributed by atoms with Gasteiger partial charge in [0.25, 0.3) is 5.91 Å². The summed E-state index contributed by atoms with van der Waals surface area (Å²) in [6.07, 6.45) is 3.92. The van der Waals surface area contributed by atoms with Crippen LogP contribution in [0.15, 0.2) is 47.1 Å². The first-order chi connectivity index (χ1) is 10.2. The quantitative estimate of drug-likeness (QED) is 0.765. The Hall–Kier alpha value is -1.88. The SMILES string of the molecule is CCCCNc1ccc(NC(=O)c2ccc(Br)cc2)cn1. The van der Waals surface area contributed by atoms with Gasteiger partial charge in [0.1, 0.15) is 5.82 Å². The highest BCUT2D eigenvalue weighted by molar-refractivity contribution is 9.10. The van der Waals surface area contributed by atoms with Gasteiger partial charge in [0.05, 0.1) is 11.9 Å². The van der Waals surface area contributed by atoms with E-state index in [1.165, 1.54) is 0 Å². The number of aromatic nitrogens is 1. The Balaban J connectivity index is 1.93. The lowest BCUT2D eigenvalue weighted by Crippen LogP contribution is -2.12. The van der Waals surface area contributed by atoms with Crippen LogP contribution in [0.5, 0.6) is 0 Å². The van der Waals surface area contributed by atoms with Crippen LogP contribution in [0, 0.1) is 0 Å². The first kappa shape index (κ1) is 15.5. The van der Waals surface area contributed by atoms with Crippen molar-refractivity contribution in [3.05, 3.63) is 52.6 Å². The molecule has 0 fully saturated rings. The minimum atomic E-state index is -0.143. The Kier molecular flexibility index (Phi) is 5.75. The molecule has 0 saturated heterocycles. The predicted molar refractivity (Wildman–Crippen MR) is 89.7 cm³/mol. The number of rotatable bonds is 6. The summed E-state index contributed by atoms with van der Waals surface area (Å²) in [7, 11) is 0. The molecule has 2 rings (SSSR count). The molecule has 0 aliphatic heterocycles. The molecule has 4 nitrogen and oxygen atoms in total. The second kappa shape index (κ2) is 7.78. The molecule has 0 unspecified atom stereocenters. The van der Waals surface area contributed by atoms with E-state index in [-0.39, 0.29) is 5.91 Å². The number of nitrogens with zero attached hydrogens (tertiary/aromatic N) is 1. The van der Waals surface area contributed by atoms with Crippen LogP contribution in [0.3, 0.4) is 0 Å². The van der Waals surface area contributed by atoms with E-state index in [1.807, 2.05) is 24.3 Å². The highest BCUT2D eigenvalue weighted by atomic mass is 79.9. The number of carbonyl (C=O) groups excluding carboxylic acids is 1. The van der Waals surface area contributed by atoms with E-state index in [0.717, 1.165) is 29.7 Å². The maximum atomic E-state index is 12.1. The van der Waals surface area contributed by atoms with Gasteiger partial charge < -0.3 is 10.6 Å². The smallest absolute Gasteiger partial charge is 0.255 e. The summed E-state index contributed by atoms with van der Waals surface area (Å²) in [6.45, 7) is 3.06. The minimum Gasteiger partial charge on any atom is -0.370 e. The monoisotopic (exact) mass is 347 g/mol. The van der Waals surface area contributed by atoms with Gasteiger partial charge in [-0.1, -0.05) is 29.3 Å². The molecule has 0 saturated carbocycles. The average molecular weight is 348 g/mol. The van der Waals surface area contributed by atoms with Crippen molar-refractivity contribution < 1.29 is 4.79 Å². The third-order valence-electron chi connectivity index (χ3n) is 2.96. The van der Waals surface area contributed by atoms with Crippen LogP contribution in [0.25, 0.3) is 0 Å². The molecule has 1 aromatic carbocycles. The van der Waals surface area contributed by atoms with Crippen LogP contribution in [-0.2, 0) is 0 Å². The number of benzene rings is 1. The number of unbranched alkanes of at least 4 members (excludes halogenated alkanes) is 1. The summed E-state index contributed by atoms with van der Waals surface area (Å²) in [4.78, 5) is 16.3. The Morgan fingerprint density at radius 2 is 1.95 bits per heavy atom. The molecule has 2 aromatic rings. The Bertz CT molecular complexity index is 581. The predicted octanol–water partition coefficient (Wildman–Crippen LogP) is 4.31. The van der Waals surface area contributed by atoms with E-state index in [4.69, 9.17) is 0 Å². The van der Waals surface area contributed by atoms with Gasteiger partial charge >= 0.3 is 0 Å². The molecule has 21 heavy (non-hydrogen) atoms. The molecule has 5 heteroatoms. The number of pyridine rings is 1. The molecule has 2 N–H and O–H groups in total. The maximum absolute atomic E-state index is 12.1. The lowest BCUT2D eigenvalue weighted by Gasteiger charge is -2.07. The van der Waals surface area contributed by atoms with Crippen LogP contribution >= 0.6 is 15.9 Å². The number of halogens is 1. The normalized spacial score (nSPS) is 10.2. The number of carbonyl (C=O) groups is 1. The van der Waals surface area contributed by atoms with E-state index >= 15 is 0 Å². The third-order valence-corrected chi connectivity index (χ3v) is 3.49. The summed E-state index contributed by atoms with van der Waals surface area (Å²) in [6, 6.07) is 10.9. The zero-order chi connectivity index (χ0) is 15.1. The summed E-state index contributed by atoms with van der Waals surface area (Å²) in [5.74, 6) is 0.682. The summed E-state index contributed by atoms with van der Waals surface area (Å²) >= 11 is 3.35. The fourth-order valence-corrected chi connectivity index (χ4v) is 2.03. The summed E-state index contributed by atoms with van der Waals surface area (Å²) in [5, 5.41) is 6.06. The second-order valence-electron chi connectivity index (χ2n) is 4.67. The van der Waals surface area contributed by atoms with Crippen LogP contribution < -0.4 is 10.6 Å². The van der Waals surface area contributed by atoms with Crippen LogP contribution in [0.1, 0.15) is 30.1 Å². The van der Waals surface area contributed by atoms with E-state index < -0.39 is 0 Å². The van der Waals surface area contributed by atoms with Crippen molar-refractivity contribution in [1.82, 2.24) is 4.98 Å². The lowest BCUT2D eigenvalue weighted by molar-refractivity contribution is 0.102. The van der Waals surface area contributed by atoms with Gasteiger partial charge in [-0.3, -0.25) is 4.79 Å². The number of anilines is 2. The summed E-state index contributed by atoms with van der Waals surface area (Å²) < 4.78 is 0.947. The average Bonchev–Trinajstić information content (AvgIpc) is 2.50. The Morgan fingerprint density at radius 1 is 1.19 bits per heavy atom. The molecule has 0 spiro atoms. The zero-order valence-corrected chi connectivity index (χ0v) is 13.5. The van der Waals surface area contributed by atoms with E-state index in [1.54, 1.807) is 18.3 Å². The third kappa shape index (κ3) is 4.86. The van der Waals surface area contributed by atoms with E-state index in [0.29, 0.717) is 11.3 Å². The molecule has 1 aromatic heterocycles. The lowest BCUT2D eigenvalue weighted by atomic mass is 10.2. The molecule has 0 aliphatic carbocycles. The van der Waals surface area contributed by atoms with Crippen molar-refractivity contribution in [3.63, 3.8) is 0 Å². The molecule has 1 amide bonds. The molecule has 0 atom stereocenters. The van der Waals surface area contributed by atoms with Crippen molar-refractivity contribution in [1.29, 1.82) is 0 Å². The van der Waals surface area contributed by atoms with Crippen LogP contribution in [0.4, 0.5) is 11.5 Å². The number of hydrogen-bond acceptors (Lipinski definition) is 3. The van der Waals surface area contributed by atoms with Gasteiger partial charge in [0.15, 0.2) is 0 Å². The maximum Gasteiger partial charge on any atom is 0.255 e. The molecule has 110 valence electrons. The van der Waals surface area contributed by atoms with Gasteiger partial charge in [-0.05, 0) is 42.8 Å². The summed E-state index contributed by atoms with van der Waals surface area (Å²) in [5.41, 5.74) is 1.30. The fraction of sp³-hybridized carbons (Fsp3) is 0.250. The Labute approximate surface area is 133 Å². The first-order valence-electron chi connectivity index (χ1n) is 6.96. The van der Waals surface area contributed by atoms with Gasteiger partial charge in [0, 0.05) is 16.6 Å². The largest absolute Gasteiger partial charge is 0.370 e. The highest BCUT2D eigenvalue weighted by Crippen LogP contribution is 2.14. The van der Waals surface area contributed by atoms with Crippen molar-refractivity contribution in [2.45, 2.75) is 19.8 Å². The molecule has 0 bridgehead atoms. The van der Waals surface area contributed by atoms with Gasteiger partial charge in [-0.25, -0.2) is 4.98 Å². The molecule has 0 radical (unpaired) electrons. The second-order valence-corrected chi connectivity index (χ2v) is 5.59. The Morgan fingerprint density at radius 3 is 2.57 bits per heavy atom. The standard InChI is InChI=1S/C16H18BrN3O/c1-2-3-10-18-15-9-8-14(11-19-15)20-16(21)12-4-6-13(17)7-5-12/h4-9,11H,2-3,10H2,1H3,(H,18,19)(H,20,21). The topological polar surface area (TPSA) is 54.0 Å². The fourth-order valence-electron chi connectivity index (χ4n) is 1.77.